The van der Waals surface area contributed by atoms with Gasteiger partial charge in [0.05, 0.1) is 23.0 Å². The van der Waals surface area contributed by atoms with E-state index in [1.165, 1.54) is 12.1 Å². The van der Waals surface area contributed by atoms with Gasteiger partial charge in [-0.3, -0.25) is 4.79 Å². The molecule has 1 heterocycles. The first-order valence-corrected chi connectivity index (χ1v) is 9.61. The molecule has 1 aliphatic carbocycles. The number of benzene rings is 1. The lowest BCUT2D eigenvalue weighted by molar-refractivity contribution is -0.126. The van der Waals surface area contributed by atoms with Crippen molar-refractivity contribution in [2.75, 3.05) is 11.5 Å². The molecule has 126 valence electrons. The van der Waals surface area contributed by atoms with E-state index < -0.39 is 32.9 Å². The predicted octanol–water partition coefficient (Wildman–Crippen LogP) is 2.29. The Morgan fingerprint density at radius 2 is 1.91 bits per heavy atom. The molecule has 0 radical (unpaired) electrons. The van der Waals surface area contributed by atoms with Crippen LogP contribution in [0.15, 0.2) is 18.2 Å². The molecule has 7 heteroatoms. The van der Waals surface area contributed by atoms with Crippen molar-refractivity contribution in [3.63, 3.8) is 0 Å². The molecule has 1 N–H and O–H groups in total. The molecule has 0 spiro atoms. The maximum atomic E-state index is 14.2. The molecule has 0 unspecified atom stereocenters. The van der Waals surface area contributed by atoms with E-state index in [2.05, 4.69) is 5.32 Å². The molecule has 1 aromatic carbocycles. The number of nitrogens with one attached hydrogen (secondary N) is 1. The maximum absolute atomic E-state index is 14.2. The molecule has 1 amide bonds. The molecule has 1 aliphatic heterocycles. The summed E-state index contributed by atoms with van der Waals surface area (Å²) in [5, 5.41) is 2.88. The van der Waals surface area contributed by atoms with Gasteiger partial charge in [-0.25, -0.2) is 17.2 Å². The fourth-order valence-electron chi connectivity index (χ4n) is 3.66. The number of sulfone groups is 1. The van der Waals surface area contributed by atoms with Crippen LogP contribution in [-0.2, 0) is 20.2 Å². The topological polar surface area (TPSA) is 63.2 Å². The van der Waals surface area contributed by atoms with E-state index in [0.29, 0.717) is 19.3 Å². The zero-order valence-electron chi connectivity index (χ0n) is 12.6. The molecule has 1 saturated carbocycles. The van der Waals surface area contributed by atoms with E-state index >= 15 is 0 Å². The minimum Gasteiger partial charge on any atom is -0.346 e. The third-order valence-electron chi connectivity index (χ3n) is 4.87. The summed E-state index contributed by atoms with van der Waals surface area (Å²) in [5.41, 5.74) is -0.577. The molecule has 0 bridgehead atoms. The Balaban J connectivity index is 1.86. The Bertz CT molecular complexity index is 727. The predicted molar refractivity (Wildman–Crippen MR) is 81.4 cm³/mol. The molecule has 2 fully saturated rings. The fraction of sp³-hybridized carbons (Fsp3) is 0.562. The summed E-state index contributed by atoms with van der Waals surface area (Å²) in [5.74, 6) is -2.40. The second-order valence-corrected chi connectivity index (χ2v) is 8.73. The van der Waals surface area contributed by atoms with Gasteiger partial charge in [-0.15, -0.1) is 0 Å². The summed E-state index contributed by atoms with van der Waals surface area (Å²) in [6.07, 6.45) is 3.11. The quantitative estimate of drug-likeness (QED) is 0.916. The number of carbonyl (C=O) groups is 1. The van der Waals surface area contributed by atoms with Crippen LogP contribution < -0.4 is 5.32 Å². The fourth-order valence-corrected chi connectivity index (χ4v) is 5.40. The van der Waals surface area contributed by atoms with Crippen LogP contribution in [-0.4, -0.2) is 25.8 Å². The Morgan fingerprint density at radius 3 is 2.48 bits per heavy atom. The summed E-state index contributed by atoms with van der Waals surface area (Å²) in [4.78, 5) is 12.5. The highest BCUT2D eigenvalue weighted by Gasteiger charge is 2.42. The first-order valence-electron chi connectivity index (χ1n) is 7.79. The third-order valence-corrected chi connectivity index (χ3v) is 6.64. The summed E-state index contributed by atoms with van der Waals surface area (Å²) < 4.78 is 50.5. The van der Waals surface area contributed by atoms with Crippen LogP contribution in [0.5, 0.6) is 0 Å². The summed E-state index contributed by atoms with van der Waals surface area (Å²) in [7, 11) is -3.16. The average molecular weight is 343 g/mol. The van der Waals surface area contributed by atoms with Gasteiger partial charge >= 0.3 is 0 Å². The molecule has 4 nitrogen and oxygen atoms in total. The monoisotopic (exact) mass is 343 g/mol. The lowest BCUT2D eigenvalue weighted by Gasteiger charge is -2.32. The minimum atomic E-state index is -3.16. The SMILES string of the molecule is O=C(NC1(c2ccc(F)cc2F)CCCC1)[C@@H]1CCS(=O)(=O)C1. The van der Waals surface area contributed by atoms with Gasteiger partial charge < -0.3 is 5.32 Å². The Morgan fingerprint density at radius 1 is 1.22 bits per heavy atom. The molecule has 23 heavy (non-hydrogen) atoms. The maximum Gasteiger partial charge on any atom is 0.224 e. The van der Waals surface area contributed by atoms with Crippen LogP contribution in [0.3, 0.4) is 0 Å². The molecule has 0 aromatic heterocycles. The number of amides is 1. The first kappa shape index (κ1) is 16.4. The first-order chi connectivity index (χ1) is 10.8. The van der Waals surface area contributed by atoms with E-state index in [4.69, 9.17) is 0 Å². The standard InChI is InChI=1S/C16H19F2NO3S/c17-12-3-4-13(14(18)9-12)16(6-1-2-7-16)19-15(20)11-5-8-23(21,22)10-11/h3-4,9,11H,1-2,5-8,10H2,(H,19,20)/t11-/m1/s1. The van der Waals surface area contributed by atoms with Crippen molar-refractivity contribution in [1.82, 2.24) is 5.32 Å². The van der Waals surface area contributed by atoms with Gasteiger partial charge in [0, 0.05) is 11.6 Å². The smallest absolute Gasteiger partial charge is 0.224 e. The van der Waals surface area contributed by atoms with Crippen molar-refractivity contribution in [2.24, 2.45) is 5.92 Å². The van der Waals surface area contributed by atoms with Crippen molar-refractivity contribution >= 4 is 15.7 Å². The zero-order chi connectivity index (χ0) is 16.7. The van der Waals surface area contributed by atoms with Gasteiger partial charge in [0.15, 0.2) is 9.84 Å². The van der Waals surface area contributed by atoms with Crippen LogP contribution >= 0.6 is 0 Å². The van der Waals surface area contributed by atoms with E-state index in [0.717, 1.165) is 18.9 Å². The largest absolute Gasteiger partial charge is 0.346 e. The summed E-state index contributed by atoms with van der Waals surface area (Å²) >= 11 is 0. The van der Waals surface area contributed by atoms with Crippen LogP contribution in [0, 0.1) is 17.6 Å². The van der Waals surface area contributed by atoms with Crippen LogP contribution in [0.4, 0.5) is 8.78 Å². The van der Waals surface area contributed by atoms with E-state index in [9.17, 15) is 22.0 Å². The molecule has 3 rings (SSSR count). The minimum absolute atomic E-state index is 0.0169. The molecular weight excluding hydrogens is 324 g/mol. The number of hydrogen-bond acceptors (Lipinski definition) is 3. The van der Waals surface area contributed by atoms with Crippen LogP contribution in [0.2, 0.25) is 0 Å². The van der Waals surface area contributed by atoms with Gasteiger partial charge in [-0.1, -0.05) is 18.9 Å². The van der Waals surface area contributed by atoms with Gasteiger partial charge in [0.1, 0.15) is 11.6 Å². The molecule has 2 aliphatic rings. The molecule has 1 atom stereocenters. The average Bonchev–Trinajstić information content (AvgIpc) is 3.06. The van der Waals surface area contributed by atoms with Gasteiger partial charge in [-0.05, 0) is 25.3 Å². The second-order valence-electron chi connectivity index (χ2n) is 6.50. The number of hydrogen-bond donors (Lipinski definition) is 1. The zero-order valence-corrected chi connectivity index (χ0v) is 13.5. The highest BCUT2D eigenvalue weighted by Crippen LogP contribution is 2.40. The van der Waals surface area contributed by atoms with Crippen LogP contribution in [0.25, 0.3) is 0 Å². The van der Waals surface area contributed by atoms with Crippen molar-refractivity contribution in [3.05, 3.63) is 35.4 Å². The molecule has 1 saturated heterocycles. The van der Waals surface area contributed by atoms with E-state index in [1.807, 2.05) is 0 Å². The van der Waals surface area contributed by atoms with E-state index in [-0.39, 0.29) is 23.0 Å². The lowest BCUT2D eigenvalue weighted by atomic mass is 9.87. The van der Waals surface area contributed by atoms with E-state index in [1.54, 1.807) is 0 Å². The highest BCUT2D eigenvalue weighted by atomic mass is 32.2. The lowest BCUT2D eigenvalue weighted by Crippen LogP contribution is -2.47. The van der Waals surface area contributed by atoms with Gasteiger partial charge in [0.2, 0.25) is 5.91 Å². The Kier molecular flexibility index (Phi) is 4.16. The van der Waals surface area contributed by atoms with Crippen LogP contribution in [0.1, 0.15) is 37.7 Å². The van der Waals surface area contributed by atoms with Gasteiger partial charge in [-0.2, -0.15) is 0 Å². The van der Waals surface area contributed by atoms with Crippen molar-refractivity contribution in [3.8, 4) is 0 Å². The second kappa shape index (κ2) is 5.85. The number of carbonyl (C=O) groups excluding carboxylic acids is 1. The van der Waals surface area contributed by atoms with Crippen molar-refractivity contribution in [2.45, 2.75) is 37.6 Å². The summed E-state index contributed by atoms with van der Waals surface area (Å²) in [6.45, 7) is 0. The highest BCUT2D eigenvalue weighted by molar-refractivity contribution is 7.91. The Labute approximate surface area is 134 Å². The number of halogens is 2. The van der Waals surface area contributed by atoms with Crippen molar-refractivity contribution < 1.29 is 22.0 Å². The van der Waals surface area contributed by atoms with Crippen molar-refractivity contribution in [1.29, 1.82) is 0 Å². The molecule has 1 aromatic rings. The molecular formula is C16H19F2NO3S. The normalized spacial score (nSPS) is 25.4. The Hall–Kier alpha value is -1.50. The van der Waals surface area contributed by atoms with Gasteiger partial charge in [0.25, 0.3) is 0 Å². The summed E-state index contributed by atoms with van der Waals surface area (Å²) in [6, 6.07) is 3.38. The number of rotatable bonds is 3. The third kappa shape index (κ3) is 3.24.